The molecule has 1 saturated heterocycles. The fraction of sp³-hybridized carbons (Fsp3) is 0.647. The van der Waals surface area contributed by atoms with Crippen molar-refractivity contribution < 1.29 is 9.59 Å². The Morgan fingerprint density at radius 2 is 2.04 bits per heavy atom. The second-order valence-corrected chi connectivity index (χ2v) is 8.07. The van der Waals surface area contributed by atoms with E-state index in [9.17, 15) is 14.4 Å². The van der Waals surface area contributed by atoms with Gasteiger partial charge in [0.25, 0.3) is 5.56 Å². The van der Waals surface area contributed by atoms with Crippen molar-refractivity contribution in [3.63, 3.8) is 0 Å². The van der Waals surface area contributed by atoms with Gasteiger partial charge in [-0.05, 0) is 26.7 Å². The molecule has 1 atom stereocenters. The number of H-pyrrole nitrogens is 1. The van der Waals surface area contributed by atoms with E-state index in [2.05, 4.69) is 9.97 Å². The van der Waals surface area contributed by atoms with Gasteiger partial charge >= 0.3 is 0 Å². The molecule has 2 aliphatic rings. The van der Waals surface area contributed by atoms with Crippen LogP contribution < -0.4 is 5.56 Å². The van der Waals surface area contributed by atoms with Crippen molar-refractivity contribution in [2.45, 2.75) is 56.0 Å². The van der Waals surface area contributed by atoms with Crippen LogP contribution in [0, 0.1) is 6.92 Å². The Bertz CT molecular complexity index is 714. The van der Waals surface area contributed by atoms with E-state index in [0.29, 0.717) is 30.0 Å². The predicted octanol–water partition coefficient (Wildman–Crippen LogP) is 1.17. The molecule has 0 unspecified atom stereocenters. The Hall–Kier alpha value is -1.83. The summed E-state index contributed by atoms with van der Waals surface area (Å²) in [6, 6.07) is 1.77. The minimum Gasteiger partial charge on any atom is -0.336 e. The van der Waals surface area contributed by atoms with E-state index < -0.39 is 5.25 Å². The summed E-state index contributed by atoms with van der Waals surface area (Å²) in [4.78, 5) is 47.1. The average molecular weight is 364 g/mol. The van der Waals surface area contributed by atoms with Crippen molar-refractivity contribution in [1.29, 1.82) is 0 Å². The third-order valence-corrected chi connectivity index (χ3v) is 5.79. The van der Waals surface area contributed by atoms with Gasteiger partial charge in [-0.15, -0.1) is 0 Å². The summed E-state index contributed by atoms with van der Waals surface area (Å²) in [6.07, 6.45) is 4.54. The molecular weight excluding hydrogens is 340 g/mol. The molecule has 1 aromatic rings. The number of hydrogen-bond acceptors (Lipinski definition) is 5. The molecule has 1 N–H and O–H groups in total. The molecule has 0 radical (unpaired) electrons. The number of nitrogens with one attached hydrogen (secondary N) is 1. The van der Waals surface area contributed by atoms with E-state index >= 15 is 0 Å². The maximum atomic E-state index is 12.7. The van der Waals surface area contributed by atoms with Crippen molar-refractivity contribution in [2.24, 2.45) is 0 Å². The zero-order valence-electron chi connectivity index (χ0n) is 14.7. The molecule has 1 saturated carbocycles. The molecule has 2 heterocycles. The Morgan fingerprint density at radius 3 is 2.68 bits per heavy atom. The number of piperazine rings is 1. The largest absolute Gasteiger partial charge is 0.336 e. The standard InChI is InChI=1S/C17H24N4O3S/c1-11-9-14(22)19-17(18-11)25-12(2)16(24)20-7-8-21(15(23)10-20)13-5-3-4-6-13/h9,12-13H,3-8,10H2,1-2H3,(H,18,19,22)/t12-/m1/s1. The number of amides is 2. The Labute approximate surface area is 151 Å². The topological polar surface area (TPSA) is 86.4 Å². The number of aromatic amines is 1. The van der Waals surface area contributed by atoms with Gasteiger partial charge in [-0.2, -0.15) is 0 Å². The van der Waals surface area contributed by atoms with E-state index in [1.807, 2.05) is 4.90 Å². The number of carbonyl (C=O) groups is 2. The number of aromatic nitrogens is 2. The first-order valence-electron chi connectivity index (χ1n) is 8.77. The predicted molar refractivity (Wildman–Crippen MR) is 95.5 cm³/mol. The lowest BCUT2D eigenvalue weighted by molar-refractivity contribution is -0.146. The Balaban J connectivity index is 1.59. The van der Waals surface area contributed by atoms with Crippen molar-refractivity contribution in [3.05, 3.63) is 22.1 Å². The third kappa shape index (κ3) is 4.23. The molecule has 25 heavy (non-hydrogen) atoms. The zero-order valence-corrected chi connectivity index (χ0v) is 15.5. The van der Waals surface area contributed by atoms with Crippen molar-refractivity contribution in [2.75, 3.05) is 19.6 Å². The van der Waals surface area contributed by atoms with E-state index in [4.69, 9.17) is 0 Å². The minimum atomic E-state index is -0.407. The van der Waals surface area contributed by atoms with Crippen LogP contribution in [0.5, 0.6) is 0 Å². The van der Waals surface area contributed by atoms with Gasteiger partial charge in [0.05, 0.1) is 11.8 Å². The first kappa shape index (κ1) is 18.0. The lowest BCUT2D eigenvalue weighted by Gasteiger charge is -2.38. The number of thioether (sulfide) groups is 1. The van der Waals surface area contributed by atoms with Gasteiger partial charge in [0.1, 0.15) is 0 Å². The van der Waals surface area contributed by atoms with Crippen molar-refractivity contribution in [1.82, 2.24) is 19.8 Å². The average Bonchev–Trinajstić information content (AvgIpc) is 3.07. The van der Waals surface area contributed by atoms with Gasteiger partial charge < -0.3 is 14.8 Å². The zero-order chi connectivity index (χ0) is 18.0. The Morgan fingerprint density at radius 1 is 1.32 bits per heavy atom. The number of rotatable bonds is 4. The molecule has 1 aromatic heterocycles. The van der Waals surface area contributed by atoms with E-state index in [0.717, 1.165) is 12.8 Å². The quantitative estimate of drug-likeness (QED) is 0.640. The highest BCUT2D eigenvalue weighted by molar-refractivity contribution is 8.00. The summed E-state index contributed by atoms with van der Waals surface area (Å²) in [5.41, 5.74) is 0.390. The van der Waals surface area contributed by atoms with Gasteiger partial charge in [0.2, 0.25) is 11.8 Å². The lowest BCUT2D eigenvalue weighted by atomic mass is 10.1. The number of carbonyl (C=O) groups excluding carboxylic acids is 2. The maximum Gasteiger partial charge on any atom is 0.251 e. The van der Waals surface area contributed by atoms with Crippen LogP contribution >= 0.6 is 11.8 Å². The highest BCUT2D eigenvalue weighted by atomic mass is 32.2. The molecular formula is C17H24N4O3S. The molecule has 8 heteroatoms. The SMILES string of the molecule is Cc1cc(=O)[nH]c(S[C@H](C)C(=O)N2CCN(C3CCCC3)C(=O)C2)n1. The molecule has 0 spiro atoms. The summed E-state index contributed by atoms with van der Waals surface area (Å²) < 4.78 is 0. The van der Waals surface area contributed by atoms with E-state index in [1.165, 1.54) is 30.7 Å². The molecule has 2 fully saturated rings. The van der Waals surface area contributed by atoms with E-state index in [1.54, 1.807) is 18.7 Å². The van der Waals surface area contributed by atoms with Crippen LogP contribution in [-0.2, 0) is 9.59 Å². The van der Waals surface area contributed by atoms with Gasteiger partial charge in [0, 0.05) is 30.9 Å². The maximum absolute atomic E-state index is 12.7. The summed E-state index contributed by atoms with van der Waals surface area (Å²) in [5.74, 6) is -0.0423. The fourth-order valence-corrected chi connectivity index (χ4v) is 4.50. The van der Waals surface area contributed by atoms with Gasteiger partial charge in [-0.25, -0.2) is 4.98 Å². The molecule has 1 aliphatic carbocycles. The fourth-order valence-electron chi connectivity index (χ4n) is 3.56. The van der Waals surface area contributed by atoms with Gasteiger partial charge in [-0.3, -0.25) is 14.4 Å². The summed E-state index contributed by atoms with van der Waals surface area (Å²) in [7, 11) is 0. The van der Waals surface area contributed by atoms with Crippen LogP contribution in [0.3, 0.4) is 0 Å². The molecule has 2 amide bonds. The molecule has 0 bridgehead atoms. The van der Waals surface area contributed by atoms with Gasteiger partial charge in [0.15, 0.2) is 5.16 Å². The molecule has 7 nitrogen and oxygen atoms in total. The number of aryl methyl sites for hydroxylation is 1. The highest BCUT2D eigenvalue weighted by Crippen LogP contribution is 2.26. The van der Waals surface area contributed by atoms with E-state index in [-0.39, 0.29) is 23.9 Å². The minimum absolute atomic E-state index is 0.0470. The highest BCUT2D eigenvalue weighted by Gasteiger charge is 2.34. The molecule has 1 aliphatic heterocycles. The van der Waals surface area contributed by atoms with Crippen LogP contribution in [0.1, 0.15) is 38.3 Å². The van der Waals surface area contributed by atoms with Crippen LogP contribution in [0.2, 0.25) is 0 Å². The van der Waals surface area contributed by atoms with Crippen LogP contribution in [0.4, 0.5) is 0 Å². The molecule has 3 rings (SSSR count). The number of nitrogens with zero attached hydrogens (tertiary/aromatic N) is 3. The molecule has 136 valence electrons. The summed E-state index contributed by atoms with van der Waals surface area (Å²) in [6.45, 7) is 4.86. The second kappa shape index (κ2) is 7.59. The van der Waals surface area contributed by atoms with Crippen LogP contribution in [0.15, 0.2) is 16.0 Å². The number of hydrogen-bond donors (Lipinski definition) is 1. The Kier molecular flexibility index (Phi) is 5.46. The van der Waals surface area contributed by atoms with Gasteiger partial charge in [-0.1, -0.05) is 24.6 Å². The molecule has 0 aromatic carbocycles. The van der Waals surface area contributed by atoms with Crippen molar-refractivity contribution >= 4 is 23.6 Å². The van der Waals surface area contributed by atoms with Crippen molar-refractivity contribution in [3.8, 4) is 0 Å². The smallest absolute Gasteiger partial charge is 0.251 e. The lowest BCUT2D eigenvalue weighted by Crippen LogP contribution is -2.56. The first-order chi connectivity index (χ1) is 11.9. The van der Waals surface area contributed by atoms with Crippen LogP contribution in [-0.4, -0.2) is 62.5 Å². The summed E-state index contributed by atoms with van der Waals surface area (Å²) >= 11 is 1.22. The third-order valence-electron chi connectivity index (χ3n) is 4.82. The first-order valence-corrected chi connectivity index (χ1v) is 9.65. The second-order valence-electron chi connectivity index (χ2n) is 6.74. The normalized spacial score (nSPS) is 20.2. The monoisotopic (exact) mass is 364 g/mol. The summed E-state index contributed by atoms with van der Waals surface area (Å²) in [5, 5.41) is 0.0255. The van der Waals surface area contributed by atoms with Crippen LogP contribution in [0.25, 0.3) is 0 Å².